The molecule has 4 aliphatic carbocycles. The number of carbonyl (C=O) groups excluding carboxylic acids is 1. The van der Waals surface area contributed by atoms with Crippen molar-refractivity contribution < 1.29 is 9.90 Å². The van der Waals surface area contributed by atoms with Crippen molar-refractivity contribution in [2.45, 2.75) is 38.1 Å². The van der Waals surface area contributed by atoms with E-state index in [0.717, 1.165) is 11.8 Å². The largest absolute Gasteiger partial charge is 0.493 e. The molecule has 0 aliphatic heterocycles. The zero-order chi connectivity index (χ0) is 13.9. The van der Waals surface area contributed by atoms with Crippen LogP contribution in [0, 0.1) is 23.7 Å². The number of nitrogens with one attached hydrogen (secondary N) is 1. The van der Waals surface area contributed by atoms with Crippen LogP contribution in [0.5, 0.6) is 5.88 Å². The van der Waals surface area contributed by atoms with E-state index in [2.05, 4.69) is 10.4 Å². The van der Waals surface area contributed by atoms with Gasteiger partial charge in [0, 0.05) is 13.1 Å². The molecule has 5 heteroatoms. The number of carbonyl (C=O) groups is 1. The normalized spacial score (nSPS) is 38.1. The first-order valence-corrected chi connectivity index (χ1v) is 7.63. The van der Waals surface area contributed by atoms with Crippen LogP contribution in [0.3, 0.4) is 0 Å². The summed E-state index contributed by atoms with van der Waals surface area (Å²) in [4.78, 5) is 12.3. The number of hydrogen-bond acceptors (Lipinski definition) is 3. The zero-order valence-corrected chi connectivity index (χ0v) is 11.7. The first-order chi connectivity index (χ1) is 9.61. The van der Waals surface area contributed by atoms with Gasteiger partial charge < -0.3 is 10.4 Å². The molecule has 20 heavy (non-hydrogen) atoms. The predicted octanol–water partition coefficient (Wildman–Crippen LogP) is 1.68. The zero-order valence-electron chi connectivity index (χ0n) is 11.7. The molecule has 4 bridgehead atoms. The Morgan fingerprint density at radius 1 is 1.25 bits per heavy atom. The lowest BCUT2D eigenvalue weighted by molar-refractivity contribution is -0.0119. The van der Waals surface area contributed by atoms with Gasteiger partial charge in [-0.2, -0.15) is 5.10 Å². The van der Waals surface area contributed by atoms with Crippen molar-refractivity contribution in [2.24, 2.45) is 30.7 Å². The predicted molar refractivity (Wildman–Crippen MR) is 73.2 cm³/mol. The van der Waals surface area contributed by atoms with Gasteiger partial charge in [-0.3, -0.25) is 4.79 Å². The molecule has 1 aromatic rings. The highest BCUT2D eigenvalue weighted by Crippen LogP contribution is 2.53. The lowest BCUT2D eigenvalue weighted by atomic mass is 9.54. The minimum atomic E-state index is -0.173. The average Bonchev–Trinajstić information content (AvgIpc) is 2.73. The molecule has 1 amide bonds. The third-order valence-electron chi connectivity index (χ3n) is 5.68. The van der Waals surface area contributed by atoms with Gasteiger partial charge in [-0.1, -0.05) is 0 Å². The van der Waals surface area contributed by atoms with Crippen molar-refractivity contribution in [1.82, 2.24) is 15.1 Å². The Balaban J connectivity index is 1.52. The third-order valence-corrected chi connectivity index (χ3v) is 5.68. The Kier molecular flexibility index (Phi) is 2.59. The number of aromatic nitrogens is 2. The molecule has 4 aliphatic rings. The molecule has 5 rings (SSSR count). The molecule has 0 radical (unpaired) electrons. The van der Waals surface area contributed by atoms with E-state index >= 15 is 0 Å². The van der Waals surface area contributed by atoms with Gasteiger partial charge in [-0.25, -0.2) is 4.68 Å². The van der Waals surface area contributed by atoms with Crippen LogP contribution in [0.4, 0.5) is 0 Å². The highest BCUT2D eigenvalue weighted by Gasteiger charge is 2.48. The van der Waals surface area contributed by atoms with Crippen molar-refractivity contribution >= 4 is 5.91 Å². The monoisotopic (exact) mass is 275 g/mol. The van der Waals surface area contributed by atoms with Crippen LogP contribution in [0.1, 0.15) is 42.5 Å². The fraction of sp³-hybridized carbons (Fsp3) is 0.733. The second-order valence-corrected chi connectivity index (χ2v) is 6.94. The standard InChI is InChI=1S/C15H21N3O2/c1-18-15(20)12(7-16-18)14(19)17-13-10-3-8-2-9(5-10)6-11(13)4-8/h7-11,13,20H,2-6H2,1H3,(H,17,19). The van der Waals surface area contributed by atoms with Gasteiger partial charge in [0.25, 0.3) is 5.91 Å². The SMILES string of the molecule is Cn1ncc(C(=O)NC2C3CC4CC(C3)CC2C4)c1O. The highest BCUT2D eigenvalue weighted by molar-refractivity contribution is 5.96. The number of amides is 1. The van der Waals surface area contributed by atoms with Crippen LogP contribution in [-0.2, 0) is 7.05 Å². The van der Waals surface area contributed by atoms with Crippen molar-refractivity contribution in [3.63, 3.8) is 0 Å². The lowest BCUT2D eigenvalue weighted by Gasteiger charge is -2.54. The quantitative estimate of drug-likeness (QED) is 0.863. The van der Waals surface area contributed by atoms with Crippen LogP contribution in [0.2, 0.25) is 0 Å². The number of aryl methyl sites for hydroxylation is 1. The molecular weight excluding hydrogens is 254 g/mol. The topological polar surface area (TPSA) is 67.2 Å². The van der Waals surface area contributed by atoms with Crippen LogP contribution in [0.25, 0.3) is 0 Å². The van der Waals surface area contributed by atoms with E-state index in [1.807, 2.05) is 0 Å². The second-order valence-electron chi connectivity index (χ2n) is 6.94. The highest BCUT2D eigenvalue weighted by atomic mass is 16.3. The van der Waals surface area contributed by atoms with E-state index in [-0.39, 0.29) is 11.8 Å². The summed E-state index contributed by atoms with van der Waals surface area (Å²) in [6, 6.07) is 0.301. The van der Waals surface area contributed by atoms with Gasteiger partial charge in [0.15, 0.2) is 0 Å². The Hall–Kier alpha value is -1.52. The van der Waals surface area contributed by atoms with Gasteiger partial charge in [0.2, 0.25) is 5.88 Å². The van der Waals surface area contributed by atoms with Crippen LogP contribution < -0.4 is 5.32 Å². The van der Waals surface area contributed by atoms with Crippen molar-refractivity contribution in [1.29, 1.82) is 0 Å². The summed E-state index contributed by atoms with van der Waals surface area (Å²) in [5.74, 6) is 2.87. The summed E-state index contributed by atoms with van der Waals surface area (Å²) in [6.45, 7) is 0. The van der Waals surface area contributed by atoms with Crippen molar-refractivity contribution in [2.75, 3.05) is 0 Å². The Labute approximate surface area is 118 Å². The lowest BCUT2D eigenvalue weighted by Crippen LogP contribution is -2.55. The molecule has 0 atom stereocenters. The third kappa shape index (κ3) is 1.75. The van der Waals surface area contributed by atoms with E-state index in [9.17, 15) is 9.90 Å². The summed E-state index contributed by atoms with van der Waals surface area (Å²) < 4.78 is 1.33. The molecule has 0 spiro atoms. The van der Waals surface area contributed by atoms with Crippen LogP contribution >= 0.6 is 0 Å². The molecule has 2 N–H and O–H groups in total. The molecule has 4 saturated carbocycles. The molecule has 0 aromatic carbocycles. The van der Waals surface area contributed by atoms with E-state index in [0.29, 0.717) is 23.4 Å². The van der Waals surface area contributed by atoms with Gasteiger partial charge in [-0.05, 0) is 55.8 Å². The molecule has 0 unspecified atom stereocenters. The molecule has 108 valence electrons. The summed E-state index contributed by atoms with van der Waals surface area (Å²) >= 11 is 0. The summed E-state index contributed by atoms with van der Waals surface area (Å²) in [7, 11) is 1.63. The number of hydrogen-bond donors (Lipinski definition) is 2. The molecule has 1 aromatic heterocycles. The fourth-order valence-corrected chi connectivity index (χ4v) is 4.98. The summed E-state index contributed by atoms with van der Waals surface area (Å²) in [6.07, 6.45) is 7.96. The Morgan fingerprint density at radius 3 is 2.35 bits per heavy atom. The summed E-state index contributed by atoms with van der Waals surface area (Å²) in [5.41, 5.74) is 0.293. The minimum Gasteiger partial charge on any atom is -0.493 e. The minimum absolute atomic E-state index is 0.0497. The fourth-order valence-electron chi connectivity index (χ4n) is 4.98. The van der Waals surface area contributed by atoms with Crippen LogP contribution in [0.15, 0.2) is 6.20 Å². The molecule has 1 heterocycles. The van der Waals surface area contributed by atoms with Crippen LogP contribution in [-0.4, -0.2) is 26.8 Å². The maximum absolute atomic E-state index is 12.3. The Bertz CT molecular complexity index is 523. The molecule has 4 fully saturated rings. The maximum atomic E-state index is 12.3. The first kappa shape index (κ1) is 12.2. The van der Waals surface area contributed by atoms with Crippen molar-refractivity contribution in [3.05, 3.63) is 11.8 Å². The average molecular weight is 275 g/mol. The van der Waals surface area contributed by atoms with E-state index < -0.39 is 0 Å². The number of rotatable bonds is 2. The number of nitrogens with zero attached hydrogens (tertiary/aromatic N) is 2. The first-order valence-electron chi connectivity index (χ1n) is 7.63. The summed E-state index contributed by atoms with van der Waals surface area (Å²) in [5, 5.41) is 16.9. The second kappa shape index (κ2) is 4.24. The molecule has 5 nitrogen and oxygen atoms in total. The van der Waals surface area contributed by atoms with E-state index in [1.165, 1.54) is 43.0 Å². The van der Waals surface area contributed by atoms with Gasteiger partial charge in [0.1, 0.15) is 5.56 Å². The van der Waals surface area contributed by atoms with E-state index in [1.54, 1.807) is 7.05 Å². The van der Waals surface area contributed by atoms with Crippen molar-refractivity contribution in [3.8, 4) is 5.88 Å². The van der Waals surface area contributed by atoms with Gasteiger partial charge in [0.05, 0.1) is 6.20 Å². The van der Waals surface area contributed by atoms with Gasteiger partial charge >= 0.3 is 0 Å². The molecular formula is C15H21N3O2. The maximum Gasteiger partial charge on any atom is 0.258 e. The van der Waals surface area contributed by atoms with Gasteiger partial charge in [-0.15, -0.1) is 0 Å². The smallest absolute Gasteiger partial charge is 0.258 e. The Morgan fingerprint density at radius 2 is 1.85 bits per heavy atom. The van der Waals surface area contributed by atoms with E-state index in [4.69, 9.17) is 0 Å². The molecule has 0 saturated heterocycles. The number of aromatic hydroxyl groups is 1.